The van der Waals surface area contributed by atoms with Gasteiger partial charge < -0.3 is 4.74 Å². The average Bonchev–Trinajstić information content (AvgIpc) is 2.05. The Balaban J connectivity index is 2.55. The predicted molar refractivity (Wildman–Crippen MR) is 49.5 cm³/mol. The van der Waals surface area contributed by atoms with E-state index in [2.05, 4.69) is 12.0 Å². The molecule has 0 saturated heterocycles. The third kappa shape index (κ3) is 3.12. The third-order valence-electron chi connectivity index (χ3n) is 1.26. The maximum Gasteiger partial charge on any atom is 0.115 e. The Morgan fingerprint density at radius 2 is 1.83 bits per heavy atom. The van der Waals surface area contributed by atoms with Gasteiger partial charge in [0.15, 0.2) is 0 Å². The normalized spacial score (nSPS) is 8.92. The lowest BCUT2D eigenvalue weighted by Crippen LogP contribution is -1.94. The van der Waals surface area contributed by atoms with Gasteiger partial charge in [0.2, 0.25) is 0 Å². The zero-order valence-corrected chi connectivity index (χ0v) is 7.37. The molecule has 0 heterocycles. The van der Waals surface area contributed by atoms with Crippen LogP contribution in [0.3, 0.4) is 0 Å². The van der Waals surface area contributed by atoms with Gasteiger partial charge in [0.25, 0.3) is 0 Å². The Bertz CT molecular complexity index is 277. The summed E-state index contributed by atoms with van der Waals surface area (Å²) in [5.41, 5.74) is 0.984. The lowest BCUT2D eigenvalue weighted by Gasteiger charge is -1.97. The summed E-state index contributed by atoms with van der Waals surface area (Å²) in [6, 6.07) is 9.79. The first-order chi connectivity index (χ1) is 5.79. The van der Waals surface area contributed by atoms with Crippen molar-refractivity contribution in [3.63, 3.8) is 0 Å². The Kier molecular flexibility index (Phi) is 3.22. The number of benzene rings is 1. The molecule has 1 aromatic rings. The molecule has 1 aromatic carbocycles. The van der Waals surface area contributed by atoms with Crippen LogP contribution >= 0.6 is 0 Å². The van der Waals surface area contributed by atoms with E-state index in [-0.39, 0.29) is 6.10 Å². The maximum atomic E-state index is 5.08. The van der Waals surface area contributed by atoms with Crippen molar-refractivity contribution in [3.8, 4) is 12.0 Å². The fourth-order valence-corrected chi connectivity index (χ4v) is 0.728. The summed E-state index contributed by atoms with van der Waals surface area (Å²) in [6.07, 6.45) is 2.82. The molecule has 0 radical (unpaired) electrons. The molecule has 1 rings (SSSR count). The largest absolute Gasteiger partial charge is 0.444 e. The molecule has 0 aliphatic heterocycles. The van der Waals surface area contributed by atoms with E-state index in [1.165, 1.54) is 0 Å². The minimum Gasteiger partial charge on any atom is -0.444 e. The van der Waals surface area contributed by atoms with Gasteiger partial charge in [0, 0.05) is 5.56 Å². The highest BCUT2D eigenvalue weighted by atomic mass is 16.5. The van der Waals surface area contributed by atoms with E-state index in [4.69, 9.17) is 4.74 Å². The number of hydrogen-bond acceptors (Lipinski definition) is 1. The van der Waals surface area contributed by atoms with E-state index in [0.717, 1.165) is 5.56 Å². The van der Waals surface area contributed by atoms with E-state index in [0.29, 0.717) is 0 Å². The predicted octanol–water partition coefficient (Wildman–Crippen LogP) is 2.42. The molecule has 1 heteroatoms. The number of rotatable bonds is 1. The topological polar surface area (TPSA) is 9.23 Å². The smallest absolute Gasteiger partial charge is 0.115 e. The zero-order chi connectivity index (χ0) is 8.81. The van der Waals surface area contributed by atoms with Crippen LogP contribution in [0.15, 0.2) is 30.3 Å². The molecule has 0 saturated carbocycles. The lowest BCUT2D eigenvalue weighted by atomic mass is 10.2. The van der Waals surface area contributed by atoms with Crippen LogP contribution in [-0.4, -0.2) is 6.10 Å². The summed E-state index contributed by atoms with van der Waals surface area (Å²) < 4.78 is 5.08. The quantitative estimate of drug-likeness (QED) is 0.573. The summed E-state index contributed by atoms with van der Waals surface area (Å²) in [6.45, 7) is 3.92. The average molecular weight is 160 g/mol. The van der Waals surface area contributed by atoms with Crippen LogP contribution in [0.4, 0.5) is 0 Å². The molecule has 0 aliphatic carbocycles. The molecule has 0 N–H and O–H groups in total. The first-order valence-corrected chi connectivity index (χ1v) is 4.01. The van der Waals surface area contributed by atoms with E-state index in [1.807, 2.05) is 44.2 Å². The van der Waals surface area contributed by atoms with Gasteiger partial charge in [0.05, 0.1) is 0 Å². The van der Waals surface area contributed by atoms with Gasteiger partial charge in [-0.25, -0.2) is 0 Å². The Morgan fingerprint density at radius 1 is 1.17 bits per heavy atom. The second kappa shape index (κ2) is 4.46. The highest BCUT2D eigenvalue weighted by Gasteiger charge is 1.85. The molecule has 1 nitrogen and oxygen atoms in total. The van der Waals surface area contributed by atoms with Crippen molar-refractivity contribution < 1.29 is 4.74 Å². The van der Waals surface area contributed by atoms with Gasteiger partial charge >= 0.3 is 0 Å². The summed E-state index contributed by atoms with van der Waals surface area (Å²) in [7, 11) is 0. The van der Waals surface area contributed by atoms with E-state index in [1.54, 1.807) is 0 Å². The highest BCUT2D eigenvalue weighted by Crippen LogP contribution is 1.95. The van der Waals surface area contributed by atoms with Gasteiger partial charge in [-0.3, -0.25) is 0 Å². The van der Waals surface area contributed by atoms with Crippen LogP contribution in [0.1, 0.15) is 19.4 Å². The minimum atomic E-state index is 0.168. The molecule has 0 aromatic heterocycles. The fraction of sp³-hybridized carbons (Fsp3) is 0.273. The molecule has 0 unspecified atom stereocenters. The van der Waals surface area contributed by atoms with Crippen LogP contribution in [0, 0.1) is 12.0 Å². The third-order valence-corrected chi connectivity index (χ3v) is 1.26. The van der Waals surface area contributed by atoms with Crippen LogP contribution in [-0.2, 0) is 4.74 Å². The van der Waals surface area contributed by atoms with E-state index >= 15 is 0 Å². The SMILES string of the molecule is CC(C)OC#Cc1ccccc1. The highest BCUT2D eigenvalue weighted by molar-refractivity contribution is 5.32. The molecule has 12 heavy (non-hydrogen) atoms. The van der Waals surface area contributed by atoms with E-state index < -0.39 is 0 Å². The van der Waals surface area contributed by atoms with Crippen molar-refractivity contribution in [2.75, 3.05) is 0 Å². The fourth-order valence-electron chi connectivity index (χ4n) is 0.728. The monoisotopic (exact) mass is 160 g/mol. The van der Waals surface area contributed by atoms with Crippen molar-refractivity contribution in [2.24, 2.45) is 0 Å². The van der Waals surface area contributed by atoms with Gasteiger partial charge in [-0.05, 0) is 31.9 Å². The zero-order valence-electron chi connectivity index (χ0n) is 7.37. The van der Waals surface area contributed by atoms with Crippen molar-refractivity contribution in [3.05, 3.63) is 35.9 Å². The second-order valence-electron chi connectivity index (χ2n) is 2.76. The maximum absolute atomic E-state index is 5.08. The van der Waals surface area contributed by atoms with Crippen LogP contribution in [0.5, 0.6) is 0 Å². The number of ether oxygens (including phenoxy) is 1. The summed E-state index contributed by atoms with van der Waals surface area (Å²) in [5, 5.41) is 0. The van der Waals surface area contributed by atoms with Crippen molar-refractivity contribution in [1.29, 1.82) is 0 Å². The number of hydrogen-bond donors (Lipinski definition) is 0. The molecule has 62 valence electrons. The molecule has 0 fully saturated rings. The second-order valence-corrected chi connectivity index (χ2v) is 2.76. The van der Waals surface area contributed by atoms with E-state index in [9.17, 15) is 0 Å². The first kappa shape index (κ1) is 8.67. The first-order valence-electron chi connectivity index (χ1n) is 4.01. The summed E-state index contributed by atoms with van der Waals surface area (Å²) in [5.74, 6) is 2.90. The molecule has 0 aliphatic rings. The molecule has 0 bridgehead atoms. The molecule has 0 spiro atoms. The van der Waals surface area contributed by atoms with Crippen molar-refractivity contribution in [2.45, 2.75) is 20.0 Å². The Labute approximate surface area is 73.4 Å². The summed E-state index contributed by atoms with van der Waals surface area (Å²) >= 11 is 0. The Hall–Kier alpha value is -1.42. The van der Waals surface area contributed by atoms with Crippen LogP contribution < -0.4 is 0 Å². The van der Waals surface area contributed by atoms with Gasteiger partial charge in [0.1, 0.15) is 12.2 Å². The molecular formula is C11H12O. The molecular weight excluding hydrogens is 148 g/mol. The van der Waals surface area contributed by atoms with Crippen LogP contribution in [0.25, 0.3) is 0 Å². The van der Waals surface area contributed by atoms with Gasteiger partial charge in [-0.2, -0.15) is 0 Å². The van der Waals surface area contributed by atoms with Gasteiger partial charge in [-0.15, -0.1) is 0 Å². The molecule has 0 atom stereocenters. The van der Waals surface area contributed by atoms with Gasteiger partial charge in [-0.1, -0.05) is 18.2 Å². The minimum absolute atomic E-state index is 0.168. The lowest BCUT2D eigenvalue weighted by molar-refractivity contribution is 0.204. The van der Waals surface area contributed by atoms with Crippen molar-refractivity contribution >= 4 is 0 Å². The van der Waals surface area contributed by atoms with Crippen LogP contribution in [0.2, 0.25) is 0 Å². The standard InChI is InChI=1S/C11H12O/c1-10(2)12-9-8-11-6-4-3-5-7-11/h3-7,10H,1-2H3. The summed E-state index contributed by atoms with van der Waals surface area (Å²) in [4.78, 5) is 0. The van der Waals surface area contributed by atoms with Crippen molar-refractivity contribution in [1.82, 2.24) is 0 Å². The molecule has 0 amide bonds. The Morgan fingerprint density at radius 3 is 2.42 bits per heavy atom.